The number of hydrogen-bond acceptors (Lipinski definition) is 2. The molecule has 1 aliphatic rings. The van der Waals surface area contributed by atoms with E-state index in [1.165, 1.54) is 6.26 Å². The maximum atomic E-state index is 11.5. The highest BCUT2D eigenvalue weighted by Gasteiger charge is 2.23. The molecule has 1 heterocycles. The fourth-order valence-corrected chi connectivity index (χ4v) is 2.18. The Morgan fingerprint density at radius 1 is 1.35 bits per heavy atom. The topological polar surface area (TPSA) is 26.3 Å². The van der Waals surface area contributed by atoms with E-state index in [1.807, 2.05) is 42.5 Å². The van der Waals surface area contributed by atoms with Gasteiger partial charge in [0.25, 0.3) is 0 Å². The highest BCUT2D eigenvalue weighted by atomic mass is 79.9. The molecule has 0 saturated carbocycles. The molecule has 1 aliphatic heterocycles. The second kappa shape index (κ2) is 5.82. The van der Waals surface area contributed by atoms with Gasteiger partial charge in [0.1, 0.15) is 6.26 Å². The van der Waals surface area contributed by atoms with E-state index in [1.54, 1.807) is 0 Å². The van der Waals surface area contributed by atoms with Crippen LogP contribution in [0.4, 0.5) is 0 Å². The van der Waals surface area contributed by atoms with Crippen LogP contribution < -0.4 is 0 Å². The van der Waals surface area contributed by atoms with Crippen LogP contribution in [0.25, 0.3) is 6.08 Å². The molecule has 17 heavy (non-hydrogen) atoms. The molecule has 2 nitrogen and oxygen atoms in total. The molecule has 1 aromatic carbocycles. The quantitative estimate of drug-likeness (QED) is 0.790. The van der Waals surface area contributed by atoms with E-state index < -0.39 is 0 Å². The number of esters is 1. The third-order valence-corrected chi connectivity index (χ3v) is 3.12. The van der Waals surface area contributed by atoms with Gasteiger partial charge < -0.3 is 4.74 Å². The Morgan fingerprint density at radius 2 is 2.12 bits per heavy atom. The van der Waals surface area contributed by atoms with Crippen LogP contribution in [0.15, 0.2) is 47.2 Å². The van der Waals surface area contributed by atoms with E-state index in [0.29, 0.717) is 6.42 Å². The minimum atomic E-state index is -0.147. The Morgan fingerprint density at radius 3 is 2.88 bits per heavy atom. The zero-order valence-corrected chi connectivity index (χ0v) is 10.9. The summed E-state index contributed by atoms with van der Waals surface area (Å²) in [5.41, 5.74) is 1.14. The Bertz CT molecular complexity index is 449. The van der Waals surface area contributed by atoms with Crippen LogP contribution in [0.1, 0.15) is 18.4 Å². The monoisotopic (exact) mass is 292 g/mol. The lowest BCUT2D eigenvalue weighted by atomic mass is 9.99. The Kier molecular flexibility index (Phi) is 4.15. The first kappa shape index (κ1) is 12.1. The first-order valence-corrected chi connectivity index (χ1v) is 6.31. The number of carbonyl (C=O) groups excluding carboxylic acids is 1. The standard InChI is InChI=1S/C14H13BrO2/c15-13-9-12(14(16)17-10-13)8-4-7-11-5-2-1-3-6-11/h1-7,10,12H,8-9H2. The number of halogens is 1. The second-order valence-electron chi connectivity index (χ2n) is 3.95. The fraction of sp³-hybridized carbons (Fsp3) is 0.214. The van der Waals surface area contributed by atoms with E-state index in [-0.39, 0.29) is 11.9 Å². The molecule has 2 rings (SSSR count). The summed E-state index contributed by atoms with van der Waals surface area (Å²) < 4.78 is 5.86. The van der Waals surface area contributed by atoms with Crippen LogP contribution in [0.3, 0.4) is 0 Å². The lowest BCUT2D eigenvalue weighted by Gasteiger charge is -2.16. The predicted molar refractivity (Wildman–Crippen MR) is 71.3 cm³/mol. The second-order valence-corrected chi connectivity index (χ2v) is 4.97. The van der Waals surface area contributed by atoms with Crippen LogP contribution >= 0.6 is 15.9 Å². The summed E-state index contributed by atoms with van der Waals surface area (Å²) in [6.45, 7) is 0. The number of hydrogen-bond donors (Lipinski definition) is 0. The van der Waals surface area contributed by atoms with E-state index in [2.05, 4.69) is 15.9 Å². The fourth-order valence-electron chi connectivity index (χ4n) is 1.70. The first-order chi connectivity index (χ1) is 8.25. The summed E-state index contributed by atoms with van der Waals surface area (Å²) >= 11 is 3.35. The third-order valence-electron chi connectivity index (χ3n) is 2.61. The lowest BCUT2D eigenvalue weighted by Crippen LogP contribution is -2.18. The summed E-state index contributed by atoms with van der Waals surface area (Å²) in [6.07, 6.45) is 6.95. The molecule has 0 saturated heterocycles. The number of allylic oxidation sites excluding steroid dienone is 2. The van der Waals surface area contributed by atoms with Crippen molar-refractivity contribution < 1.29 is 9.53 Å². The molecular formula is C14H13BrO2. The molecule has 0 aromatic heterocycles. The Balaban J connectivity index is 1.92. The molecule has 0 bridgehead atoms. The van der Waals surface area contributed by atoms with Crippen molar-refractivity contribution in [3.05, 3.63) is 52.7 Å². The Hall–Kier alpha value is -1.35. The molecule has 88 valence electrons. The van der Waals surface area contributed by atoms with Gasteiger partial charge in [0, 0.05) is 4.48 Å². The average molecular weight is 293 g/mol. The van der Waals surface area contributed by atoms with E-state index in [9.17, 15) is 4.79 Å². The molecule has 1 aromatic rings. The van der Waals surface area contributed by atoms with Gasteiger partial charge in [0.05, 0.1) is 5.92 Å². The molecule has 0 radical (unpaired) electrons. The normalized spacial score (nSPS) is 20.2. The van der Waals surface area contributed by atoms with Crippen molar-refractivity contribution in [2.24, 2.45) is 5.92 Å². The molecule has 0 N–H and O–H groups in total. The molecule has 1 atom stereocenters. The Labute approximate surface area is 109 Å². The van der Waals surface area contributed by atoms with Crippen LogP contribution in [-0.2, 0) is 9.53 Å². The van der Waals surface area contributed by atoms with E-state index >= 15 is 0 Å². The van der Waals surface area contributed by atoms with E-state index in [4.69, 9.17) is 4.74 Å². The van der Waals surface area contributed by atoms with Gasteiger partial charge >= 0.3 is 5.97 Å². The molecule has 3 heteroatoms. The molecular weight excluding hydrogens is 280 g/mol. The predicted octanol–water partition coefficient (Wildman–Crippen LogP) is 3.89. The third kappa shape index (κ3) is 3.56. The molecule has 0 amide bonds. The van der Waals surface area contributed by atoms with Gasteiger partial charge in [-0.2, -0.15) is 0 Å². The number of carbonyl (C=O) groups is 1. The summed E-state index contributed by atoms with van der Waals surface area (Å²) in [7, 11) is 0. The smallest absolute Gasteiger partial charge is 0.314 e. The highest BCUT2D eigenvalue weighted by Crippen LogP contribution is 2.26. The molecule has 0 spiro atoms. The van der Waals surface area contributed by atoms with Crippen molar-refractivity contribution in [3.8, 4) is 0 Å². The lowest BCUT2D eigenvalue weighted by molar-refractivity contribution is -0.143. The molecule has 1 unspecified atom stereocenters. The molecule has 0 aliphatic carbocycles. The van der Waals surface area contributed by atoms with Crippen LogP contribution in [0, 0.1) is 5.92 Å². The van der Waals surface area contributed by atoms with Crippen molar-refractivity contribution in [2.45, 2.75) is 12.8 Å². The number of benzene rings is 1. The zero-order chi connectivity index (χ0) is 12.1. The summed E-state index contributed by atoms with van der Waals surface area (Å²) in [4.78, 5) is 11.5. The van der Waals surface area contributed by atoms with Crippen LogP contribution in [0.2, 0.25) is 0 Å². The van der Waals surface area contributed by atoms with Gasteiger partial charge in [-0.15, -0.1) is 0 Å². The number of ether oxygens (including phenoxy) is 1. The van der Waals surface area contributed by atoms with Gasteiger partial charge in [-0.1, -0.05) is 58.4 Å². The zero-order valence-electron chi connectivity index (χ0n) is 9.30. The minimum absolute atomic E-state index is 0.0747. The van der Waals surface area contributed by atoms with Crippen LogP contribution in [-0.4, -0.2) is 5.97 Å². The van der Waals surface area contributed by atoms with E-state index in [0.717, 1.165) is 16.5 Å². The van der Waals surface area contributed by atoms with Gasteiger partial charge in [0.15, 0.2) is 0 Å². The van der Waals surface area contributed by atoms with Crippen molar-refractivity contribution in [3.63, 3.8) is 0 Å². The van der Waals surface area contributed by atoms with Crippen molar-refractivity contribution in [1.82, 2.24) is 0 Å². The average Bonchev–Trinajstić information content (AvgIpc) is 2.35. The van der Waals surface area contributed by atoms with Crippen molar-refractivity contribution in [1.29, 1.82) is 0 Å². The van der Waals surface area contributed by atoms with Gasteiger partial charge in [-0.3, -0.25) is 4.79 Å². The summed E-state index contributed by atoms with van der Waals surface area (Å²) in [5.74, 6) is -0.222. The van der Waals surface area contributed by atoms with Crippen molar-refractivity contribution in [2.75, 3.05) is 0 Å². The molecule has 0 fully saturated rings. The van der Waals surface area contributed by atoms with Gasteiger partial charge in [0.2, 0.25) is 0 Å². The van der Waals surface area contributed by atoms with Crippen molar-refractivity contribution >= 4 is 28.0 Å². The maximum Gasteiger partial charge on any atom is 0.314 e. The van der Waals surface area contributed by atoms with Crippen LogP contribution in [0.5, 0.6) is 0 Å². The maximum absolute atomic E-state index is 11.5. The highest BCUT2D eigenvalue weighted by molar-refractivity contribution is 9.11. The summed E-state index contributed by atoms with van der Waals surface area (Å²) in [5, 5.41) is 0. The first-order valence-electron chi connectivity index (χ1n) is 5.52. The summed E-state index contributed by atoms with van der Waals surface area (Å²) in [6, 6.07) is 10.0. The largest absolute Gasteiger partial charge is 0.433 e. The number of cyclic esters (lactones) is 1. The van der Waals surface area contributed by atoms with Gasteiger partial charge in [-0.25, -0.2) is 0 Å². The SMILES string of the molecule is O=C1OC=C(Br)CC1CC=Cc1ccccc1. The minimum Gasteiger partial charge on any atom is -0.433 e. The number of rotatable bonds is 3. The van der Waals surface area contributed by atoms with Gasteiger partial charge in [-0.05, 0) is 18.4 Å².